The number of nitrogens with one attached hydrogen (secondary N) is 1. The molecule has 4 heteroatoms. The van der Waals surface area contributed by atoms with Crippen LogP contribution >= 0.6 is 0 Å². The number of amides is 1. The third kappa shape index (κ3) is 5.06. The van der Waals surface area contributed by atoms with Crippen LogP contribution in [0.1, 0.15) is 44.9 Å². The number of nitrogens with two attached hydrogens (primary N) is 1. The standard InChI is InChI=1S/C16H31N3O/c1-19-8-6-15(7-9-19)12-18-16(20)10-13-2-4-14(11-17)5-3-13/h13-15H,2-12,17H2,1H3,(H,18,20). The van der Waals surface area contributed by atoms with Crippen molar-refractivity contribution in [2.75, 3.05) is 33.2 Å². The Kier molecular flexibility index (Phi) is 6.30. The first-order chi connectivity index (χ1) is 9.67. The van der Waals surface area contributed by atoms with E-state index in [0.717, 1.165) is 19.5 Å². The van der Waals surface area contributed by atoms with Crippen LogP contribution in [0.15, 0.2) is 0 Å². The molecule has 0 unspecified atom stereocenters. The fourth-order valence-electron chi connectivity index (χ4n) is 3.53. The van der Waals surface area contributed by atoms with Gasteiger partial charge in [0.2, 0.25) is 5.91 Å². The second-order valence-corrected chi connectivity index (χ2v) is 6.88. The van der Waals surface area contributed by atoms with Crippen molar-refractivity contribution in [3.63, 3.8) is 0 Å². The lowest BCUT2D eigenvalue weighted by atomic mass is 9.80. The zero-order valence-corrected chi connectivity index (χ0v) is 12.9. The molecule has 0 aromatic heterocycles. The minimum absolute atomic E-state index is 0.264. The number of piperidine rings is 1. The highest BCUT2D eigenvalue weighted by atomic mass is 16.1. The first-order valence-corrected chi connectivity index (χ1v) is 8.32. The van der Waals surface area contributed by atoms with Gasteiger partial charge in [-0.3, -0.25) is 4.79 Å². The molecule has 0 atom stereocenters. The molecule has 0 aromatic rings. The summed E-state index contributed by atoms with van der Waals surface area (Å²) in [5.41, 5.74) is 5.71. The average Bonchev–Trinajstić information content (AvgIpc) is 2.47. The van der Waals surface area contributed by atoms with E-state index in [-0.39, 0.29) is 5.91 Å². The van der Waals surface area contributed by atoms with E-state index in [4.69, 9.17) is 5.73 Å². The Balaban J connectivity index is 1.59. The van der Waals surface area contributed by atoms with Crippen molar-refractivity contribution >= 4 is 5.91 Å². The lowest BCUT2D eigenvalue weighted by Gasteiger charge is -2.29. The minimum Gasteiger partial charge on any atom is -0.356 e. The summed E-state index contributed by atoms with van der Waals surface area (Å²) in [5, 5.41) is 3.16. The van der Waals surface area contributed by atoms with Gasteiger partial charge >= 0.3 is 0 Å². The van der Waals surface area contributed by atoms with Crippen LogP contribution in [0.5, 0.6) is 0 Å². The van der Waals surface area contributed by atoms with Crippen LogP contribution in [0, 0.1) is 17.8 Å². The van der Waals surface area contributed by atoms with Crippen LogP contribution in [-0.2, 0) is 4.79 Å². The Hall–Kier alpha value is -0.610. The second-order valence-electron chi connectivity index (χ2n) is 6.88. The van der Waals surface area contributed by atoms with Crippen LogP contribution in [0.25, 0.3) is 0 Å². The van der Waals surface area contributed by atoms with Crippen molar-refractivity contribution < 1.29 is 4.79 Å². The third-order valence-electron chi connectivity index (χ3n) is 5.20. The predicted octanol–water partition coefficient (Wildman–Crippen LogP) is 1.60. The van der Waals surface area contributed by atoms with Gasteiger partial charge in [-0.15, -0.1) is 0 Å². The zero-order chi connectivity index (χ0) is 14.4. The lowest BCUT2D eigenvalue weighted by molar-refractivity contribution is -0.122. The Morgan fingerprint density at radius 2 is 1.65 bits per heavy atom. The molecule has 116 valence electrons. The highest BCUT2D eigenvalue weighted by molar-refractivity contribution is 5.76. The molecular formula is C16H31N3O. The SMILES string of the molecule is CN1CCC(CNC(=O)CC2CCC(CN)CC2)CC1. The summed E-state index contributed by atoms with van der Waals surface area (Å²) >= 11 is 0. The van der Waals surface area contributed by atoms with E-state index in [9.17, 15) is 4.79 Å². The topological polar surface area (TPSA) is 58.4 Å². The number of likely N-dealkylation sites (tertiary alicyclic amines) is 1. The van der Waals surface area contributed by atoms with E-state index >= 15 is 0 Å². The van der Waals surface area contributed by atoms with E-state index in [1.807, 2.05) is 0 Å². The van der Waals surface area contributed by atoms with Crippen molar-refractivity contribution in [1.82, 2.24) is 10.2 Å². The molecule has 1 aliphatic heterocycles. The van der Waals surface area contributed by atoms with Gasteiger partial charge in [-0.1, -0.05) is 0 Å². The normalized spacial score (nSPS) is 29.3. The molecule has 0 aromatic carbocycles. The van der Waals surface area contributed by atoms with Gasteiger partial charge in [-0.05, 0) is 83.0 Å². The van der Waals surface area contributed by atoms with Crippen molar-refractivity contribution in [2.45, 2.75) is 44.9 Å². The van der Waals surface area contributed by atoms with Crippen molar-refractivity contribution in [3.05, 3.63) is 0 Å². The molecule has 20 heavy (non-hydrogen) atoms. The first-order valence-electron chi connectivity index (χ1n) is 8.32. The Morgan fingerprint density at radius 3 is 2.25 bits per heavy atom. The van der Waals surface area contributed by atoms with Gasteiger partial charge in [0.25, 0.3) is 0 Å². The Labute approximate surface area is 123 Å². The van der Waals surface area contributed by atoms with Crippen molar-refractivity contribution in [1.29, 1.82) is 0 Å². The molecule has 4 nitrogen and oxygen atoms in total. The van der Waals surface area contributed by atoms with Gasteiger partial charge in [0.1, 0.15) is 0 Å². The molecule has 0 spiro atoms. The summed E-state index contributed by atoms with van der Waals surface area (Å²) in [4.78, 5) is 14.4. The van der Waals surface area contributed by atoms with Crippen LogP contribution in [0.2, 0.25) is 0 Å². The van der Waals surface area contributed by atoms with Gasteiger partial charge in [-0.25, -0.2) is 0 Å². The number of hydrogen-bond donors (Lipinski definition) is 2. The smallest absolute Gasteiger partial charge is 0.220 e. The maximum atomic E-state index is 12.0. The zero-order valence-electron chi connectivity index (χ0n) is 12.9. The average molecular weight is 281 g/mol. The highest BCUT2D eigenvalue weighted by Gasteiger charge is 2.23. The quantitative estimate of drug-likeness (QED) is 0.805. The summed E-state index contributed by atoms with van der Waals surface area (Å²) in [7, 11) is 2.17. The molecule has 1 aliphatic carbocycles. The van der Waals surface area contributed by atoms with Crippen LogP contribution < -0.4 is 11.1 Å². The summed E-state index contributed by atoms with van der Waals surface area (Å²) in [6.07, 6.45) is 7.96. The lowest BCUT2D eigenvalue weighted by Crippen LogP contribution is -2.37. The second kappa shape index (κ2) is 7.99. The molecule has 1 saturated heterocycles. The van der Waals surface area contributed by atoms with Gasteiger partial charge < -0.3 is 16.0 Å². The summed E-state index contributed by atoms with van der Waals surface area (Å²) in [5.74, 6) is 2.24. The molecule has 0 radical (unpaired) electrons. The molecule has 2 aliphatic rings. The van der Waals surface area contributed by atoms with E-state index < -0.39 is 0 Å². The van der Waals surface area contributed by atoms with Gasteiger partial charge in [-0.2, -0.15) is 0 Å². The largest absolute Gasteiger partial charge is 0.356 e. The summed E-state index contributed by atoms with van der Waals surface area (Å²) in [6, 6.07) is 0. The fourth-order valence-corrected chi connectivity index (χ4v) is 3.53. The van der Waals surface area contributed by atoms with Crippen LogP contribution in [0.3, 0.4) is 0 Å². The molecular weight excluding hydrogens is 250 g/mol. The number of nitrogens with zero attached hydrogens (tertiary/aromatic N) is 1. The number of carbonyl (C=O) groups excluding carboxylic acids is 1. The molecule has 2 fully saturated rings. The Morgan fingerprint density at radius 1 is 1.05 bits per heavy atom. The van der Waals surface area contributed by atoms with E-state index in [0.29, 0.717) is 17.8 Å². The van der Waals surface area contributed by atoms with Crippen LogP contribution in [-0.4, -0.2) is 44.0 Å². The van der Waals surface area contributed by atoms with E-state index in [2.05, 4.69) is 17.3 Å². The first kappa shape index (κ1) is 15.8. The maximum Gasteiger partial charge on any atom is 0.220 e. The van der Waals surface area contributed by atoms with Gasteiger partial charge in [0.05, 0.1) is 0 Å². The fraction of sp³-hybridized carbons (Fsp3) is 0.938. The molecule has 1 heterocycles. The predicted molar refractivity (Wildman–Crippen MR) is 82.4 cm³/mol. The van der Waals surface area contributed by atoms with E-state index in [1.165, 1.54) is 51.6 Å². The minimum atomic E-state index is 0.264. The molecule has 1 saturated carbocycles. The van der Waals surface area contributed by atoms with Crippen molar-refractivity contribution in [3.8, 4) is 0 Å². The molecule has 0 bridgehead atoms. The van der Waals surface area contributed by atoms with Gasteiger partial charge in [0.15, 0.2) is 0 Å². The maximum absolute atomic E-state index is 12.0. The highest BCUT2D eigenvalue weighted by Crippen LogP contribution is 2.30. The van der Waals surface area contributed by atoms with Crippen LogP contribution in [0.4, 0.5) is 0 Å². The van der Waals surface area contributed by atoms with E-state index in [1.54, 1.807) is 0 Å². The number of carbonyl (C=O) groups is 1. The molecule has 1 amide bonds. The molecule has 3 N–H and O–H groups in total. The van der Waals surface area contributed by atoms with Gasteiger partial charge in [0, 0.05) is 13.0 Å². The summed E-state index contributed by atoms with van der Waals surface area (Å²) < 4.78 is 0. The number of rotatable bonds is 5. The Bertz CT molecular complexity index is 292. The molecule has 2 rings (SSSR count). The van der Waals surface area contributed by atoms with Crippen molar-refractivity contribution in [2.24, 2.45) is 23.5 Å². The number of hydrogen-bond acceptors (Lipinski definition) is 3. The third-order valence-corrected chi connectivity index (χ3v) is 5.20. The summed E-state index contributed by atoms with van der Waals surface area (Å²) in [6.45, 7) is 4.03. The monoisotopic (exact) mass is 281 g/mol.